The molecule has 1 N–H and O–H groups in total. The predicted molar refractivity (Wildman–Crippen MR) is 62.4 cm³/mol. The Labute approximate surface area is 93.3 Å². The predicted octanol–water partition coefficient (Wildman–Crippen LogP) is 3.44. The monoisotopic (exact) mass is 254 g/mol. The second kappa shape index (κ2) is 4.30. The number of aromatic nitrogens is 1. The van der Waals surface area contributed by atoms with Crippen molar-refractivity contribution in [1.82, 2.24) is 4.98 Å². The fourth-order valence-electron chi connectivity index (χ4n) is 1.81. The van der Waals surface area contributed by atoms with Gasteiger partial charge in [0.25, 0.3) is 0 Å². The summed E-state index contributed by atoms with van der Waals surface area (Å²) in [7, 11) is 0. The lowest BCUT2D eigenvalue weighted by molar-refractivity contribution is 0.692. The summed E-state index contributed by atoms with van der Waals surface area (Å²) in [6.45, 7) is 2.25. The standard InChI is InChI=1S/C11H15BrN2/c1-2-3-8-6-11(8)14-10-4-5-13-7-9(10)12/h4-5,7-8,11H,2-3,6H2,1H3,(H,13,14). The van der Waals surface area contributed by atoms with Gasteiger partial charge in [-0.05, 0) is 40.8 Å². The highest BCUT2D eigenvalue weighted by Gasteiger charge is 2.35. The zero-order valence-electron chi connectivity index (χ0n) is 8.33. The summed E-state index contributed by atoms with van der Waals surface area (Å²) in [5.74, 6) is 0.889. The molecular weight excluding hydrogens is 240 g/mol. The average molecular weight is 255 g/mol. The van der Waals surface area contributed by atoms with Crippen molar-refractivity contribution in [2.24, 2.45) is 5.92 Å². The van der Waals surface area contributed by atoms with Crippen molar-refractivity contribution in [3.63, 3.8) is 0 Å². The molecule has 1 aliphatic rings. The van der Waals surface area contributed by atoms with Crippen molar-refractivity contribution < 1.29 is 0 Å². The number of pyridine rings is 1. The first kappa shape index (κ1) is 9.97. The Morgan fingerprint density at radius 2 is 2.50 bits per heavy atom. The lowest BCUT2D eigenvalue weighted by Crippen LogP contribution is -2.05. The number of anilines is 1. The molecular formula is C11H15BrN2. The Kier molecular flexibility index (Phi) is 3.06. The molecule has 3 heteroatoms. The van der Waals surface area contributed by atoms with Gasteiger partial charge in [-0.25, -0.2) is 0 Å². The zero-order valence-corrected chi connectivity index (χ0v) is 9.92. The third kappa shape index (κ3) is 2.27. The van der Waals surface area contributed by atoms with Crippen LogP contribution >= 0.6 is 15.9 Å². The van der Waals surface area contributed by atoms with Gasteiger partial charge in [-0.3, -0.25) is 4.98 Å². The van der Waals surface area contributed by atoms with E-state index in [1.54, 1.807) is 0 Å². The SMILES string of the molecule is CCCC1CC1Nc1ccncc1Br. The summed E-state index contributed by atoms with van der Waals surface area (Å²) in [6.07, 6.45) is 7.62. The molecule has 0 amide bonds. The molecule has 1 fully saturated rings. The largest absolute Gasteiger partial charge is 0.381 e. The smallest absolute Gasteiger partial charge is 0.0590 e. The molecule has 1 aliphatic carbocycles. The Balaban J connectivity index is 1.90. The van der Waals surface area contributed by atoms with Crippen LogP contribution in [-0.4, -0.2) is 11.0 Å². The molecule has 0 spiro atoms. The molecule has 2 rings (SSSR count). The first-order valence-electron chi connectivity index (χ1n) is 5.17. The van der Waals surface area contributed by atoms with Crippen molar-refractivity contribution in [3.05, 3.63) is 22.9 Å². The van der Waals surface area contributed by atoms with Gasteiger partial charge in [-0.2, -0.15) is 0 Å². The van der Waals surface area contributed by atoms with Crippen molar-refractivity contribution in [2.75, 3.05) is 5.32 Å². The summed E-state index contributed by atoms with van der Waals surface area (Å²) in [4.78, 5) is 4.04. The van der Waals surface area contributed by atoms with E-state index in [1.807, 2.05) is 18.5 Å². The van der Waals surface area contributed by atoms with Crippen LogP contribution in [0, 0.1) is 5.92 Å². The lowest BCUT2D eigenvalue weighted by atomic mass is 10.2. The Morgan fingerprint density at radius 1 is 1.64 bits per heavy atom. The second-order valence-corrected chi connectivity index (χ2v) is 4.75. The van der Waals surface area contributed by atoms with Crippen LogP contribution in [0.1, 0.15) is 26.2 Å². The van der Waals surface area contributed by atoms with Crippen molar-refractivity contribution in [1.29, 1.82) is 0 Å². The van der Waals surface area contributed by atoms with E-state index in [4.69, 9.17) is 0 Å². The van der Waals surface area contributed by atoms with Crippen LogP contribution < -0.4 is 5.32 Å². The highest BCUT2D eigenvalue weighted by molar-refractivity contribution is 9.10. The maximum atomic E-state index is 4.04. The molecule has 0 aromatic carbocycles. The van der Waals surface area contributed by atoms with E-state index in [0.29, 0.717) is 6.04 Å². The van der Waals surface area contributed by atoms with Gasteiger partial charge in [0.15, 0.2) is 0 Å². The molecule has 0 bridgehead atoms. The highest BCUT2D eigenvalue weighted by atomic mass is 79.9. The number of hydrogen-bond acceptors (Lipinski definition) is 2. The van der Waals surface area contributed by atoms with E-state index < -0.39 is 0 Å². The molecule has 2 nitrogen and oxygen atoms in total. The summed E-state index contributed by atoms with van der Waals surface area (Å²) in [6, 6.07) is 2.71. The highest BCUT2D eigenvalue weighted by Crippen LogP contribution is 2.38. The minimum atomic E-state index is 0.689. The zero-order chi connectivity index (χ0) is 9.97. The van der Waals surface area contributed by atoms with Crippen LogP contribution in [0.4, 0.5) is 5.69 Å². The van der Waals surface area contributed by atoms with Crippen LogP contribution in [0.2, 0.25) is 0 Å². The molecule has 2 atom stereocenters. The maximum Gasteiger partial charge on any atom is 0.0590 e. The maximum absolute atomic E-state index is 4.04. The molecule has 1 aromatic rings. The van der Waals surface area contributed by atoms with E-state index >= 15 is 0 Å². The van der Waals surface area contributed by atoms with Crippen molar-refractivity contribution in [3.8, 4) is 0 Å². The molecule has 14 heavy (non-hydrogen) atoms. The summed E-state index contributed by atoms with van der Waals surface area (Å²) >= 11 is 3.49. The minimum Gasteiger partial charge on any atom is -0.381 e. The first-order chi connectivity index (χ1) is 6.81. The van der Waals surface area contributed by atoms with Gasteiger partial charge in [0.2, 0.25) is 0 Å². The molecule has 1 saturated carbocycles. The molecule has 0 saturated heterocycles. The summed E-state index contributed by atoms with van der Waals surface area (Å²) < 4.78 is 1.06. The number of nitrogens with zero attached hydrogens (tertiary/aromatic N) is 1. The van der Waals surface area contributed by atoms with Crippen LogP contribution in [0.5, 0.6) is 0 Å². The van der Waals surface area contributed by atoms with Gasteiger partial charge in [0.05, 0.1) is 10.2 Å². The average Bonchev–Trinajstić information content (AvgIpc) is 2.89. The normalized spacial score (nSPS) is 24.7. The lowest BCUT2D eigenvalue weighted by Gasteiger charge is -2.06. The minimum absolute atomic E-state index is 0.689. The van der Waals surface area contributed by atoms with Gasteiger partial charge < -0.3 is 5.32 Å². The van der Waals surface area contributed by atoms with E-state index in [9.17, 15) is 0 Å². The number of nitrogens with one attached hydrogen (secondary N) is 1. The summed E-state index contributed by atoms with van der Waals surface area (Å²) in [5.41, 5.74) is 1.17. The van der Waals surface area contributed by atoms with Crippen molar-refractivity contribution in [2.45, 2.75) is 32.2 Å². The number of hydrogen-bond donors (Lipinski definition) is 1. The fraction of sp³-hybridized carbons (Fsp3) is 0.545. The van der Waals surface area contributed by atoms with Crippen LogP contribution in [-0.2, 0) is 0 Å². The number of rotatable bonds is 4. The number of halogens is 1. The molecule has 0 aliphatic heterocycles. The van der Waals surface area contributed by atoms with Gasteiger partial charge in [-0.15, -0.1) is 0 Å². The van der Waals surface area contributed by atoms with Gasteiger partial charge in [-0.1, -0.05) is 13.3 Å². The van der Waals surface area contributed by atoms with Gasteiger partial charge in [0.1, 0.15) is 0 Å². The summed E-state index contributed by atoms with van der Waals surface area (Å²) in [5, 5.41) is 3.53. The van der Waals surface area contributed by atoms with E-state index in [0.717, 1.165) is 10.4 Å². The third-order valence-electron chi connectivity index (χ3n) is 2.70. The van der Waals surface area contributed by atoms with Crippen LogP contribution in [0.3, 0.4) is 0 Å². The van der Waals surface area contributed by atoms with Gasteiger partial charge >= 0.3 is 0 Å². The van der Waals surface area contributed by atoms with E-state index in [1.165, 1.54) is 24.9 Å². The van der Waals surface area contributed by atoms with Crippen LogP contribution in [0.25, 0.3) is 0 Å². The second-order valence-electron chi connectivity index (χ2n) is 3.89. The molecule has 76 valence electrons. The Hall–Kier alpha value is -0.570. The van der Waals surface area contributed by atoms with Crippen molar-refractivity contribution >= 4 is 21.6 Å². The molecule has 0 radical (unpaired) electrons. The third-order valence-corrected chi connectivity index (χ3v) is 3.33. The first-order valence-corrected chi connectivity index (χ1v) is 5.96. The molecule has 2 unspecified atom stereocenters. The van der Waals surface area contributed by atoms with Gasteiger partial charge in [0, 0.05) is 18.4 Å². The Bertz CT molecular complexity index is 314. The fourth-order valence-corrected chi connectivity index (χ4v) is 2.17. The topological polar surface area (TPSA) is 24.9 Å². The quantitative estimate of drug-likeness (QED) is 0.891. The van der Waals surface area contributed by atoms with E-state index in [-0.39, 0.29) is 0 Å². The molecule has 1 heterocycles. The van der Waals surface area contributed by atoms with Crippen LogP contribution in [0.15, 0.2) is 22.9 Å². The van der Waals surface area contributed by atoms with E-state index in [2.05, 4.69) is 33.2 Å². The molecule has 1 aromatic heterocycles. The Morgan fingerprint density at radius 3 is 3.21 bits per heavy atom.